The van der Waals surface area contributed by atoms with E-state index in [1.807, 2.05) is 0 Å². The summed E-state index contributed by atoms with van der Waals surface area (Å²) in [4.78, 5) is 0.286. The predicted octanol–water partition coefficient (Wildman–Crippen LogP) is 0.635. The SMILES string of the molecule is CN/C=C(/CCNS(=O)(=O)c1ccccc1)NC. The van der Waals surface area contributed by atoms with E-state index in [0.717, 1.165) is 5.70 Å². The van der Waals surface area contributed by atoms with Crippen molar-refractivity contribution in [2.24, 2.45) is 0 Å². The van der Waals surface area contributed by atoms with Gasteiger partial charge in [-0.1, -0.05) is 18.2 Å². The minimum absolute atomic E-state index is 0.286. The number of sulfonamides is 1. The van der Waals surface area contributed by atoms with E-state index in [4.69, 9.17) is 0 Å². The largest absolute Gasteiger partial charge is 0.393 e. The van der Waals surface area contributed by atoms with Crippen molar-refractivity contribution in [3.05, 3.63) is 42.2 Å². The van der Waals surface area contributed by atoms with Crippen LogP contribution in [0.4, 0.5) is 0 Å². The molecule has 0 radical (unpaired) electrons. The fraction of sp³-hybridized carbons (Fsp3) is 0.333. The Morgan fingerprint density at radius 2 is 1.89 bits per heavy atom. The van der Waals surface area contributed by atoms with Crippen LogP contribution in [0, 0.1) is 0 Å². The van der Waals surface area contributed by atoms with Gasteiger partial charge in [0.05, 0.1) is 4.90 Å². The first kappa shape index (κ1) is 14.5. The molecule has 0 saturated heterocycles. The summed E-state index contributed by atoms with van der Waals surface area (Å²) >= 11 is 0. The minimum atomic E-state index is -3.40. The highest BCUT2D eigenvalue weighted by Gasteiger charge is 2.12. The van der Waals surface area contributed by atoms with Crippen molar-refractivity contribution in [3.63, 3.8) is 0 Å². The van der Waals surface area contributed by atoms with E-state index in [9.17, 15) is 8.42 Å². The number of nitrogens with one attached hydrogen (secondary N) is 3. The van der Waals surface area contributed by atoms with Crippen LogP contribution in [0.25, 0.3) is 0 Å². The van der Waals surface area contributed by atoms with Crippen molar-refractivity contribution in [1.29, 1.82) is 0 Å². The Morgan fingerprint density at radius 1 is 1.22 bits per heavy atom. The molecule has 0 aliphatic rings. The highest BCUT2D eigenvalue weighted by molar-refractivity contribution is 7.89. The zero-order valence-electron chi connectivity index (χ0n) is 10.6. The molecule has 3 N–H and O–H groups in total. The Bertz CT molecular complexity index is 483. The molecule has 5 nitrogen and oxygen atoms in total. The zero-order valence-corrected chi connectivity index (χ0v) is 11.4. The Morgan fingerprint density at radius 3 is 2.44 bits per heavy atom. The summed E-state index contributed by atoms with van der Waals surface area (Å²) < 4.78 is 26.3. The van der Waals surface area contributed by atoms with Crippen LogP contribution in [0.5, 0.6) is 0 Å². The number of benzene rings is 1. The van der Waals surface area contributed by atoms with Crippen molar-refractivity contribution >= 4 is 10.0 Å². The Hall–Kier alpha value is -1.53. The van der Waals surface area contributed by atoms with Gasteiger partial charge in [0.25, 0.3) is 0 Å². The molecule has 1 aromatic carbocycles. The van der Waals surface area contributed by atoms with Gasteiger partial charge in [0.15, 0.2) is 0 Å². The fourth-order valence-electron chi connectivity index (χ4n) is 1.45. The average Bonchev–Trinajstić information content (AvgIpc) is 2.38. The monoisotopic (exact) mass is 269 g/mol. The third kappa shape index (κ3) is 4.38. The first-order chi connectivity index (χ1) is 8.60. The van der Waals surface area contributed by atoms with Crippen LogP contribution in [0.2, 0.25) is 0 Å². The molecule has 0 saturated carbocycles. The van der Waals surface area contributed by atoms with Gasteiger partial charge in [-0.3, -0.25) is 0 Å². The summed E-state index contributed by atoms with van der Waals surface area (Å²) in [5.74, 6) is 0. The molecular weight excluding hydrogens is 250 g/mol. The Labute approximate surface area is 108 Å². The van der Waals surface area contributed by atoms with Crippen LogP contribution in [-0.2, 0) is 10.0 Å². The standard InChI is InChI=1S/C12H19N3O2S/c1-13-10-11(14-2)8-9-15-18(16,17)12-6-4-3-5-7-12/h3-7,10,13-15H,8-9H2,1-2H3/b11-10-. The summed E-state index contributed by atoms with van der Waals surface area (Å²) in [5.41, 5.74) is 0.938. The molecule has 0 heterocycles. The predicted molar refractivity (Wildman–Crippen MR) is 72.4 cm³/mol. The van der Waals surface area contributed by atoms with Gasteiger partial charge in [-0.2, -0.15) is 0 Å². The normalized spacial score (nSPS) is 12.2. The molecule has 0 spiro atoms. The van der Waals surface area contributed by atoms with E-state index in [-0.39, 0.29) is 4.90 Å². The van der Waals surface area contributed by atoms with Crippen LogP contribution >= 0.6 is 0 Å². The molecule has 0 aliphatic carbocycles. The maximum absolute atomic E-state index is 11.9. The van der Waals surface area contributed by atoms with Crippen LogP contribution in [0.15, 0.2) is 47.1 Å². The van der Waals surface area contributed by atoms with E-state index in [2.05, 4.69) is 15.4 Å². The summed E-state index contributed by atoms with van der Waals surface area (Å²) in [7, 11) is 0.193. The molecule has 6 heteroatoms. The molecule has 1 aromatic rings. The second kappa shape index (κ2) is 7.03. The molecular formula is C12H19N3O2S. The molecule has 0 amide bonds. The summed E-state index contributed by atoms with van der Waals surface area (Å²) in [6.07, 6.45) is 2.40. The minimum Gasteiger partial charge on any atom is -0.393 e. The highest BCUT2D eigenvalue weighted by atomic mass is 32.2. The molecule has 0 atom stereocenters. The van der Waals surface area contributed by atoms with Gasteiger partial charge < -0.3 is 10.6 Å². The lowest BCUT2D eigenvalue weighted by Gasteiger charge is -2.09. The molecule has 0 aliphatic heterocycles. The Kier molecular flexibility index (Phi) is 5.67. The first-order valence-corrected chi connectivity index (χ1v) is 7.17. The summed E-state index contributed by atoms with van der Waals surface area (Å²) in [5, 5.41) is 5.89. The van der Waals surface area contributed by atoms with Crippen molar-refractivity contribution in [1.82, 2.24) is 15.4 Å². The number of hydrogen-bond acceptors (Lipinski definition) is 4. The summed E-state index contributed by atoms with van der Waals surface area (Å²) in [6.45, 7) is 0.353. The van der Waals surface area contributed by atoms with Crippen molar-refractivity contribution in [3.8, 4) is 0 Å². The van der Waals surface area contributed by atoms with Crippen molar-refractivity contribution in [2.75, 3.05) is 20.6 Å². The van der Waals surface area contributed by atoms with Crippen LogP contribution in [0.1, 0.15) is 6.42 Å². The van der Waals surface area contributed by atoms with Gasteiger partial charge in [0, 0.05) is 39.0 Å². The lowest BCUT2D eigenvalue weighted by molar-refractivity contribution is 0.580. The van der Waals surface area contributed by atoms with Gasteiger partial charge in [0.1, 0.15) is 0 Å². The second-order valence-corrected chi connectivity index (χ2v) is 5.44. The lowest BCUT2D eigenvalue weighted by Crippen LogP contribution is -2.26. The van der Waals surface area contributed by atoms with E-state index in [0.29, 0.717) is 13.0 Å². The topological polar surface area (TPSA) is 70.2 Å². The molecule has 0 bridgehead atoms. The van der Waals surface area contributed by atoms with Gasteiger partial charge in [-0.25, -0.2) is 13.1 Å². The highest BCUT2D eigenvalue weighted by Crippen LogP contribution is 2.07. The van der Waals surface area contributed by atoms with E-state index in [1.165, 1.54) is 0 Å². The average molecular weight is 269 g/mol. The molecule has 0 fully saturated rings. The van der Waals surface area contributed by atoms with Gasteiger partial charge in [-0.15, -0.1) is 0 Å². The fourth-order valence-corrected chi connectivity index (χ4v) is 2.50. The Balaban J connectivity index is 2.56. The van der Waals surface area contributed by atoms with Crippen molar-refractivity contribution < 1.29 is 8.42 Å². The van der Waals surface area contributed by atoms with E-state index < -0.39 is 10.0 Å². The lowest BCUT2D eigenvalue weighted by atomic mass is 10.3. The molecule has 18 heavy (non-hydrogen) atoms. The molecule has 100 valence electrons. The third-order valence-corrected chi connectivity index (χ3v) is 3.86. The second-order valence-electron chi connectivity index (χ2n) is 3.67. The molecule has 0 aromatic heterocycles. The number of hydrogen-bond donors (Lipinski definition) is 3. The van der Waals surface area contributed by atoms with E-state index >= 15 is 0 Å². The smallest absolute Gasteiger partial charge is 0.240 e. The molecule has 0 unspecified atom stereocenters. The third-order valence-electron chi connectivity index (χ3n) is 2.38. The van der Waals surface area contributed by atoms with Gasteiger partial charge >= 0.3 is 0 Å². The van der Waals surface area contributed by atoms with Gasteiger partial charge in [-0.05, 0) is 12.1 Å². The zero-order chi connectivity index (χ0) is 13.4. The van der Waals surface area contributed by atoms with Crippen LogP contribution < -0.4 is 15.4 Å². The maximum Gasteiger partial charge on any atom is 0.240 e. The maximum atomic E-state index is 11.9. The van der Waals surface area contributed by atoms with Crippen molar-refractivity contribution in [2.45, 2.75) is 11.3 Å². The first-order valence-electron chi connectivity index (χ1n) is 5.69. The molecule has 1 rings (SSSR count). The van der Waals surface area contributed by atoms with Crippen LogP contribution in [0.3, 0.4) is 0 Å². The number of rotatable bonds is 7. The van der Waals surface area contributed by atoms with Crippen LogP contribution in [-0.4, -0.2) is 29.1 Å². The summed E-state index contributed by atoms with van der Waals surface area (Å²) in [6, 6.07) is 8.34. The quantitative estimate of drug-likeness (QED) is 0.679. The van der Waals surface area contributed by atoms with Gasteiger partial charge in [0.2, 0.25) is 10.0 Å². The van der Waals surface area contributed by atoms with E-state index in [1.54, 1.807) is 50.6 Å².